The predicted molar refractivity (Wildman–Crippen MR) is 77.5 cm³/mol. The van der Waals surface area contributed by atoms with Crippen molar-refractivity contribution in [2.24, 2.45) is 10.7 Å². The Balaban J connectivity index is 1.94. The van der Waals surface area contributed by atoms with Crippen molar-refractivity contribution in [3.8, 4) is 0 Å². The van der Waals surface area contributed by atoms with Crippen LogP contribution < -0.4 is 10.6 Å². The van der Waals surface area contributed by atoms with E-state index in [-0.39, 0.29) is 5.96 Å². The number of para-hydroxylation sites is 1. The maximum absolute atomic E-state index is 11.2. The van der Waals surface area contributed by atoms with E-state index in [0.717, 1.165) is 13.1 Å². The fourth-order valence-electron chi connectivity index (χ4n) is 2.09. The number of carbonyl (C=O) groups excluding carboxylic acids is 2. The van der Waals surface area contributed by atoms with Crippen molar-refractivity contribution in [2.75, 3.05) is 31.1 Å². The molecule has 0 aliphatic carbocycles. The highest BCUT2D eigenvalue weighted by Crippen LogP contribution is 2.15. The Morgan fingerprint density at radius 2 is 1.70 bits per heavy atom. The molecule has 1 heterocycles. The molecular weight excluding hydrogens is 256 g/mol. The van der Waals surface area contributed by atoms with Gasteiger partial charge in [0, 0.05) is 38.8 Å². The van der Waals surface area contributed by atoms with Crippen LogP contribution in [-0.4, -0.2) is 48.7 Å². The lowest BCUT2D eigenvalue weighted by molar-refractivity contribution is -0.134. The van der Waals surface area contributed by atoms with Crippen LogP contribution in [0.1, 0.15) is 6.92 Å². The fraction of sp³-hybridized carbons (Fsp3) is 0.357. The maximum Gasteiger partial charge on any atom is 0.315 e. The van der Waals surface area contributed by atoms with Gasteiger partial charge in [-0.25, -0.2) is 0 Å². The van der Waals surface area contributed by atoms with Gasteiger partial charge in [0.05, 0.1) is 0 Å². The zero-order valence-electron chi connectivity index (χ0n) is 11.5. The molecule has 2 N–H and O–H groups in total. The summed E-state index contributed by atoms with van der Waals surface area (Å²) in [4.78, 5) is 29.8. The van der Waals surface area contributed by atoms with Crippen molar-refractivity contribution < 1.29 is 9.59 Å². The summed E-state index contributed by atoms with van der Waals surface area (Å²) in [5, 5.41) is 0. The third-order valence-corrected chi connectivity index (χ3v) is 3.24. The van der Waals surface area contributed by atoms with Gasteiger partial charge in [0.1, 0.15) is 0 Å². The number of piperazine rings is 1. The van der Waals surface area contributed by atoms with Crippen LogP contribution in [0.25, 0.3) is 0 Å². The van der Waals surface area contributed by atoms with Gasteiger partial charge in [-0.2, -0.15) is 4.99 Å². The highest BCUT2D eigenvalue weighted by molar-refractivity contribution is 6.37. The number of ketones is 1. The minimum absolute atomic E-state index is 0.123. The molecule has 1 fully saturated rings. The standard InChI is InChI=1S/C14H18N4O2/c1-11(19)13(20)16-14(15)18-9-7-17(8-10-18)12-5-3-2-4-6-12/h2-6H,7-10H2,1H3,(H2,15,16,20). The first-order valence-electron chi connectivity index (χ1n) is 6.52. The van der Waals surface area contributed by atoms with Gasteiger partial charge in [-0.3, -0.25) is 9.59 Å². The first-order chi connectivity index (χ1) is 9.58. The molecule has 0 atom stereocenters. The summed E-state index contributed by atoms with van der Waals surface area (Å²) in [5.74, 6) is -1.28. The van der Waals surface area contributed by atoms with E-state index in [2.05, 4.69) is 22.0 Å². The molecule has 1 aliphatic heterocycles. The Morgan fingerprint density at radius 1 is 1.10 bits per heavy atom. The second-order valence-corrected chi connectivity index (χ2v) is 4.64. The average Bonchev–Trinajstić information content (AvgIpc) is 2.48. The fourth-order valence-corrected chi connectivity index (χ4v) is 2.09. The molecule has 0 unspecified atom stereocenters. The summed E-state index contributed by atoms with van der Waals surface area (Å²) in [6.07, 6.45) is 0. The van der Waals surface area contributed by atoms with E-state index in [0.29, 0.717) is 13.1 Å². The molecule has 106 valence electrons. The lowest BCUT2D eigenvalue weighted by Crippen LogP contribution is -2.51. The number of aliphatic imine (C=N–C) groups is 1. The third-order valence-electron chi connectivity index (χ3n) is 3.24. The molecule has 0 bridgehead atoms. The SMILES string of the molecule is CC(=O)C(=O)N=C(N)N1CCN(c2ccccc2)CC1. The van der Waals surface area contributed by atoms with Crippen molar-refractivity contribution in [1.82, 2.24) is 4.90 Å². The number of benzene rings is 1. The number of carbonyl (C=O) groups is 2. The molecule has 0 spiro atoms. The monoisotopic (exact) mass is 274 g/mol. The van der Waals surface area contributed by atoms with Crippen LogP contribution in [0.5, 0.6) is 0 Å². The molecule has 0 radical (unpaired) electrons. The number of guanidine groups is 1. The molecule has 6 nitrogen and oxygen atoms in total. The van der Waals surface area contributed by atoms with E-state index < -0.39 is 11.7 Å². The molecule has 20 heavy (non-hydrogen) atoms. The van der Waals surface area contributed by atoms with Gasteiger partial charge in [0.15, 0.2) is 5.96 Å². The van der Waals surface area contributed by atoms with Gasteiger partial charge in [-0.05, 0) is 12.1 Å². The Morgan fingerprint density at radius 3 is 2.25 bits per heavy atom. The summed E-state index contributed by atoms with van der Waals surface area (Å²) >= 11 is 0. The second-order valence-electron chi connectivity index (χ2n) is 4.64. The van der Waals surface area contributed by atoms with Crippen LogP contribution >= 0.6 is 0 Å². The van der Waals surface area contributed by atoms with Gasteiger partial charge in [-0.15, -0.1) is 0 Å². The summed E-state index contributed by atoms with van der Waals surface area (Å²) in [6.45, 7) is 4.14. The molecule has 1 aliphatic rings. The Bertz CT molecular complexity index is 519. The number of anilines is 1. The van der Waals surface area contributed by atoms with Gasteiger partial charge in [-0.1, -0.05) is 18.2 Å². The molecule has 2 rings (SSSR count). The second kappa shape index (κ2) is 6.18. The molecule has 0 aromatic heterocycles. The highest BCUT2D eigenvalue weighted by Gasteiger charge is 2.19. The number of nitrogens with zero attached hydrogens (tertiary/aromatic N) is 3. The van der Waals surface area contributed by atoms with Crippen molar-refractivity contribution in [3.63, 3.8) is 0 Å². The normalized spacial score (nSPS) is 16.1. The quantitative estimate of drug-likeness (QED) is 0.475. The highest BCUT2D eigenvalue weighted by atomic mass is 16.2. The number of amides is 1. The van der Waals surface area contributed by atoms with Crippen LogP contribution in [0.2, 0.25) is 0 Å². The first kappa shape index (κ1) is 14.0. The molecular formula is C14H18N4O2. The van der Waals surface area contributed by atoms with Crippen LogP contribution in [0, 0.1) is 0 Å². The lowest BCUT2D eigenvalue weighted by atomic mass is 10.2. The van der Waals surface area contributed by atoms with E-state index in [1.807, 2.05) is 23.1 Å². The van der Waals surface area contributed by atoms with Crippen molar-refractivity contribution in [2.45, 2.75) is 6.92 Å². The third kappa shape index (κ3) is 3.34. The van der Waals surface area contributed by atoms with E-state index in [1.165, 1.54) is 12.6 Å². The summed E-state index contributed by atoms with van der Waals surface area (Å²) in [6, 6.07) is 10.1. The molecule has 0 saturated carbocycles. The molecule has 1 saturated heterocycles. The van der Waals surface area contributed by atoms with Crippen LogP contribution in [0.15, 0.2) is 35.3 Å². The zero-order chi connectivity index (χ0) is 14.5. The average molecular weight is 274 g/mol. The molecule has 6 heteroatoms. The smallest absolute Gasteiger partial charge is 0.315 e. The Kier molecular flexibility index (Phi) is 4.34. The van der Waals surface area contributed by atoms with Crippen molar-refractivity contribution in [3.05, 3.63) is 30.3 Å². The van der Waals surface area contributed by atoms with E-state index in [1.54, 1.807) is 0 Å². The van der Waals surface area contributed by atoms with Crippen molar-refractivity contribution >= 4 is 23.3 Å². The Labute approximate surface area is 117 Å². The number of Topliss-reactive ketones (excluding diaryl/α,β-unsaturated/α-hetero) is 1. The number of nitrogens with two attached hydrogens (primary N) is 1. The maximum atomic E-state index is 11.2. The van der Waals surface area contributed by atoms with Gasteiger partial charge in [0.25, 0.3) is 0 Å². The van der Waals surface area contributed by atoms with Crippen LogP contribution in [-0.2, 0) is 9.59 Å². The molecule has 1 aromatic carbocycles. The van der Waals surface area contributed by atoms with E-state index in [4.69, 9.17) is 5.73 Å². The molecule has 1 aromatic rings. The minimum Gasteiger partial charge on any atom is -0.369 e. The number of rotatable bonds is 2. The lowest BCUT2D eigenvalue weighted by Gasteiger charge is -2.36. The summed E-state index contributed by atoms with van der Waals surface area (Å²) in [7, 11) is 0. The number of hydrogen-bond donors (Lipinski definition) is 1. The van der Waals surface area contributed by atoms with Gasteiger partial charge in [0.2, 0.25) is 5.78 Å². The Hall–Kier alpha value is -2.37. The predicted octanol–water partition coefficient (Wildman–Crippen LogP) is 0.239. The van der Waals surface area contributed by atoms with Gasteiger partial charge < -0.3 is 15.5 Å². The summed E-state index contributed by atoms with van der Waals surface area (Å²) < 4.78 is 0. The van der Waals surface area contributed by atoms with E-state index in [9.17, 15) is 9.59 Å². The largest absolute Gasteiger partial charge is 0.369 e. The van der Waals surface area contributed by atoms with Gasteiger partial charge >= 0.3 is 5.91 Å². The molecule has 1 amide bonds. The summed E-state index contributed by atoms with van der Waals surface area (Å²) in [5.41, 5.74) is 6.92. The van der Waals surface area contributed by atoms with Crippen LogP contribution in [0.4, 0.5) is 5.69 Å². The topological polar surface area (TPSA) is 79.0 Å². The van der Waals surface area contributed by atoms with E-state index >= 15 is 0 Å². The van der Waals surface area contributed by atoms with Crippen molar-refractivity contribution in [1.29, 1.82) is 0 Å². The zero-order valence-corrected chi connectivity index (χ0v) is 11.5. The van der Waals surface area contributed by atoms with Crippen LogP contribution in [0.3, 0.4) is 0 Å². The first-order valence-corrected chi connectivity index (χ1v) is 6.52. The minimum atomic E-state index is -0.798. The number of hydrogen-bond acceptors (Lipinski definition) is 3.